The molecule has 0 bridgehead atoms. The number of hydrogen-bond donors (Lipinski definition) is 1. The van der Waals surface area contributed by atoms with Crippen molar-refractivity contribution in [3.8, 4) is 0 Å². The summed E-state index contributed by atoms with van der Waals surface area (Å²) < 4.78 is 0. The summed E-state index contributed by atoms with van der Waals surface area (Å²) in [5.41, 5.74) is 0.808. The summed E-state index contributed by atoms with van der Waals surface area (Å²) in [6, 6.07) is 0. The summed E-state index contributed by atoms with van der Waals surface area (Å²) in [6.07, 6.45) is 1.22. The normalized spacial score (nSPS) is 16.6. The van der Waals surface area contributed by atoms with E-state index in [9.17, 15) is 0 Å². The van der Waals surface area contributed by atoms with Crippen LogP contribution in [0, 0.1) is 11.3 Å². The molecule has 1 nitrogen and oxygen atoms in total. The van der Waals surface area contributed by atoms with Crippen molar-refractivity contribution in [1.29, 1.82) is 0 Å². The van der Waals surface area contributed by atoms with Crippen molar-refractivity contribution in [3.63, 3.8) is 0 Å². The first kappa shape index (κ1) is 15.0. The van der Waals surface area contributed by atoms with Crippen molar-refractivity contribution in [2.24, 2.45) is 11.3 Å². The van der Waals surface area contributed by atoms with E-state index in [-0.39, 0.29) is 11.1 Å². The lowest BCUT2D eigenvalue weighted by Gasteiger charge is -2.40. The first-order valence-electron chi connectivity index (χ1n) is 6.13. The molecular weight excluding hydrogens is 182 g/mol. The number of rotatable bonds is 3. The van der Waals surface area contributed by atoms with E-state index >= 15 is 0 Å². The summed E-state index contributed by atoms with van der Waals surface area (Å²) in [6.45, 7) is 20.6. The van der Waals surface area contributed by atoms with Gasteiger partial charge in [-0.2, -0.15) is 0 Å². The molecule has 0 rings (SSSR count). The lowest BCUT2D eigenvalue weighted by molar-refractivity contribution is 0.168. The van der Waals surface area contributed by atoms with Crippen LogP contribution < -0.4 is 5.32 Å². The van der Waals surface area contributed by atoms with Crippen molar-refractivity contribution < 1.29 is 0 Å². The van der Waals surface area contributed by atoms with Gasteiger partial charge in [-0.25, -0.2) is 0 Å². The topological polar surface area (TPSA) is 12.0 Å². The standard InChI is InChI=1S/C14H31N/c1-11(12(2,3)4)10-14(8,9)15-13(5,6)7/h11,15H,10H2,1-9H3. The van der Waals surface area contributed by atoms with Crippen LogP contribution >= 0.6 is 0 Å². The Morgan fingerprint density at radius 3 is 1.53 bits per heavy atom. The molecule has 0 spiro atoms. The van der Waals surface area contributed by atoms with Gasteiger partial charge in [0.2, 0.25) is 0 Å². The molecule has 0 fully saturated rings. The van der Waals surface area contributed by atoms with E-state index in [1.54, 1.807) is 0 Å². The molecule has 0 aromatic carbocycles. The third-order valence-corrected chi connectivity index (χ3v) is 3.01. The van der Waals surface area contributed by atoms with E-state index in [2.05, 4.69) is 67.6 Å². The van der Waals surface area contributed by atoms with E-state index in [1.165, 1.54) is 6.42 Å². The van der Waals surface area contributed by atoms with Crippen molar-refractivity contribution >= 4 is 0 Å². The Kier molecular flexibility index (Phi) is 4.44. The third kappa shape index (κ3) is 6.94. The Morgan fingerprint density at radius 2 is 1.27 bits per heavy atom. The summed E-state index contributed by atoms with van der Waals surface area (Å²) in [5.74, 6) is 0.724. The summed E-state index contributed by atoms with van der Waals surface area (Å²) in [5, 5.41) is 3.70. The van der Waals surface area contributed by atoms with Crippen LogP contribution in [0.3, 0.4) is 0 Å². The van der Waals surface area contributed by atoms with E-state index in [1.807, 2.05) is 0 Å². The van der Waals surface area contributed by atoms with Crippen LogP contribution in [0.5, 0.6) is 0 Å². The second-order valence-electron chi connectivity index (χ2n) is 7.73. The monoisotopic (exact) mass is 213 g/mol. The van der Waals surface area contributed by atoms with Crippen LogP contribution in [-0.4, -0.2) is 11.1 Å². The Bertz CT molecular complexity index is 190. The summed E-state index contributed by atoms with van der Waals surface area (Å²) >= 11 is 0. The molecule has 0 aromatic rings. The van der Waals surface area contributed by atoms with Gasteiger partial charge in [-0.3, -0.25) is 0 Å². The first-order valence-corrected chi connectivity index (χ1v) is 6.13. The average Bonchev–Trinajstić information content (AvgIpc) is 1.76. The van der Waals surface area contributed by atoms with Gasteiger partial charge in [-0.15, -0.1) is 0 Å². The van der Waals surface area contributed by atoms with Crippen molar-refractivity contribution in [3.05, 3.63) is 0 Å². The fourth-order valence-corrected chi connectivity index (χ4v) is 2.14. The molecule has 0 saturated carbocycles. The second kappa shape index (κ2) is 4.45. The minimum Gasteiger partial charge on any atom is -0.307 e. The van der Waals surface area contributed by atoms with E-state index in [4.69, 9.17) is 0 Å². The molecule has 0 aromatic heterocycles. The minimum absolute atomic E-state index is 0.196. The zero-order valence-corrected chi connectivity index (χ0v) is 12.3. The largest absolute Gasteiger partial charge is 0.307 e. The summed E-state index contributed by atoms with van der Waals surface area (Å²) in [4.78, 5) is 0. The molecule has 0 amide bonds. The van der Waals surface area contributed by atoms with Gasteiger partial charge in [0.25, 0.3) is 0 Å². The quantitative estimate of drug-likeness (QED) is 0.740. The highest BCUT2D eigenvalue weighted by Gasteiger charge is 2.30. The minimum atomic E-state index is 0.196. The molecule has 1 unspecified atom stereocenters. The summed E-state index contributed by atoms with van der Waals surface area (Å²) in [7, 11) is 0. The predicted octanol–water partition coefficient (Wildman–Crippen LogP) is 4.23. The van der Waals surface area contributed by atoms with Gasteiger partial charge < -0.3 is 5.32 Å². The SMILES string of the molecule is CC(CC(C)(C)NC(C)(C)C)C(C)(C)C. The predicted molar refractivity (Wildman–Crippen MR) is 70.2 cm³/mol. The van der Waals surface area contributed by atoms with Crippen LogP contribution in [-0.2, 0) is 0 Å². The highest BCUT2D eigenvalue weighted by Crippen LogP contribution is 2.32. The zero-order valence-electron chi connectivity index (χ0n) is 12.3. The van der Waals surface area contributed by atoms with Gasteiger partial charge in [-0.1, -0.05) is 27.7 Å². The molecule has 92 valence electrons. The van der Waals surface area contributed by atoms with Crippen LogP contribution in [0.4, 0.5) is 0 Å². The van der Waals surface area contributed by atoms with Gasteiger partial charge in [0.1, 0.15) is 0 Å². The van der Waals surface area contributed by atoms with E-state index in [0.29, 0.717) is 5.41 Å². The van der Waals surface area contributed by atoms with Gasteiger partial charge in [0.05, 0.1) is 0 Å². The Labute approximate surface area is 97.0 Å². The van der Waals surface area contributed by atoms with Gasteiger partial charge in [0.15, 0.2) is 0 Å². The second-order valence-corrected chi connectivity index (χ2v) is 7.73. The molecule has 0 saturated heterocycles. The fourth-order valence-electron chi connectivity index (χ4n) is 2.14. The maximum Gasteiger partial charge on any atom is 0.0132 e. The number of nitrogens with one attached hydrogen (secondary N) is 1. The maximum absolute atomic E-state index is 3.70. The molecule has 1 N–H and O–H groups in total. The van der Waals surface area contributed by atoms with Crippen LogP contribution in [0.1, 0.15) is 68.7 Å². The van der Waals surface area contributed by atoms with Crippen molar-refractivity contribution in [2.45, 2.75) is 79.8 Å². The van der Waals surface area contributed by atoms with Crippen LogP contribution in [0.15, 0.2) is 0 Å². The van der Waals surface area contributed by atoms with Crippen LogP contribution in [0.25, 0.3) is 0 Å². The molecule has 0 aliphatic rings. The zero-order chi connectivity index (χ0) is 12.5. The highest BCUT2D eigenvalue weighted by molar-refractivity contribution is 4.88. The van der Waals surface area contributed by atoms with Gasteiger partial charge in [0, 0.05) is 11.1 Å². The lowest BCUT2D eigenvalue weighted by Crippen LogP contribution is -2.51. The Hall–Kier alpha value is -0.0400. The maximum atomic E-state index is 3.70. The van der Waals surface area contributed by atoms with Crippen LogP contribution in [0.2, 0.25) is 0 Å². The highest BCUT2D eigenvalue weighted by atomic mass is 15.0. The Morgan fingerprint density at radius 1 is 0.867 bits per heavy atom. The molecule has 1 heteroatoms. The van der Waals surface area contributed by atoms with Crippen molar-refractivity contribution in [1.82, 2.24) is 5.32 Å². The molecule has 15 heavy (non-hydrogen) atoms. The number of hydrogen-bond acceptors (Lipinski definition) is 1. The molecule has 1 atom stereocenters. The molecule has 0 aliphatic heterocycles. The fraction of sp³-hybridized carbons (Fsp3) is 1.00. The smallest absolute Gasteiger partial charge is 0.0132 e. The Balaban J connectivity index is 4.39. The average molecular weight is 213 g/mol. The lowest BCUT2D eigenvalue weighted by atomic mass is 9.75. The first-order chi connectivity index (χ1) is 6.33. The third-order valence-electron chi connectivity index (χ3n) is 3.01. The van der Waals surface area contributed by atoms with Crippen molar-refractivity contribution in [2.75, 3.05) is 0 Å². The molecule has 0 aliphatic carbocycles. The molecule has 0 radical (unpaired) electrons. The van der Waals surface area contributed by atoms with E-state index < -0.39 is 0 Å². The molecule has 0 heterocycles. The van der Waals surface area contributed by atoms with Gasteiger partial charge >= 0.3 is 0 Å². The van der Waals surface area contributed by atoms with E-state index in [0.717, 1.165) is 5.92 Å². The molecular formula is C14H31N. The van der Waals surface area contributed by atoms with Gasteiger partial charge in [-0.05, 0) is 52.4 Å².